The molecule has 2 fully saturated rings. The number of nitrogens with two attached hydrogens (primary N) is 1. The monoisotopic (exact) mass is 301 g/mol. The fourth-order valence-electron chi connectivity index (χ4n) is 2.91. The largest absolute Gasteiger partial charge is 0.444 e. The quantitative estimate of drug-likeness (QED) is 0.769. The number of morpholine rings is 1. The van der Waals surface area contributed by atoms with Crippen LogP contribution in [0.15, 0.2) is 0 Å². The first kappa shape index (κ1) is 16.5. The lowest BCUT2D eigenvalue weighted by molar-refractivity contribution is 0.00719. The van der Waals surface area contributed by atoms with Crippen LogP contribution in [0.2, 0.25) is 0 Å². The van der Waals surface area contributed by atoms with E-state index in [9.17, 15) is 4.79 Å². The molecule has 7 nitrogen and oxygen atoms in total. The van der Waals surface area contributed by atoms with Crippen LogP contribution in [0.25, 0.3) is 0 Å². The normalized spacial score (nSPS) is 27.9. The molecule has 2 rings (SSSR count). The predicted octanol–water partition coefficient (Wildman–Crippen LogP) is 0.587. The van der Waals surface area contributed by atoms with Gasteiger partial charge in [-0.25, -0.2) is 10.7 Å². The molecule has 2 atom stereocenters. The molecule has 2 saturated heterocycles. The van der Waals surface area contributed by atoms with Crippen molar-refractivity contribution in [3.63, 3.8) is 0 Å². The van der Waals surface area contributed by atoms with Crippen LogP contribution in [0.1, 0.15) is 27.2 Å². The number of amides is 1. The molecule has 122 valence electrons. The van der Waals surface area contributed by atoms with Crippen LogP contribution in [0.5, 0.6) is 0 Å². The summed E-state index contributed by atoms with van der Waals surface area (Å²) in [4.78, 5) is 21.2. The second-order valence-corrected chi connectivity index (χ2v) is 6.66. The van der Waals surface area contributed by atoms with Crippen LogP contribution in [0, 0.1) is 0 Å². The van der Waals surface area contributed by atoms with Crippen molar-refractivity contribution in [3.05, 3.63) is 0 Å². The van der Waals surface area contributed by atoms with E-state index >= 15 is 0 Å². The molecular weight excluding hydrogens is 274 g/mol. The summed E-state index contributed by atoms with van der Waals surface area (Å²) in [5.74, 6) is 5.21. The van der Waals surface area contributed by atoms with Gasteiger partial charge in [-0.3, -0.25) is 4.90 Å². The van der Waals surface area contributed by atoms with E-state index in [0.29, 0.717) is 19.2 Å². The molecule has 0 radical (unpaired) electrons. The highest BCUT2D eigenvalue weighted by molar-refractivity contribution is 5.69. The first-order chi connectivity index (χ1) is 9.90. The topological polar surface area (TPSA) is 77.3 Å². The standard InChI is InChI=1S/C14H27N3O4/c1-14(2,3)21-13(18)17-9-11(8-12(17)10-20-15)16-4-6-19-7-5-16/h11-12H,4-10,15H2,1-3H3/t11-,12?/m0/s1. The van der Waals surface area contributed by atoms with E-state index in [2.05, 4.69) is 4.90 Å². The molecule has 7 heteroatoms. The van der Waals surface area contributed by atoms with E-state index in [1.807, 2.05) is 20.8 Å². The molecule has 2 N–H and O–H groups in total. The van der Waals surface area contributed by atoms with Gasteiger partial charge in [0.05, 0.1) is 25.9 Å². The molecule has 2 aliphatic heterocycles. The van der Waals surface area contributed by atoms with Gasteiger partial charge in [-0.1, -0.05) is 0 Å². The Morgan fingerprint density at radius 1 is 1.33 bits per heavy atom. The summed E-state index contributed by atoms with van der Waals surface area (Å²) >= 11 is 0. The van der Waals surface area contributed by atoms with Gasteiger partial charge in [0.1, 0.15) is 5.60 Å². The summed E-state index contributed by atoms with van der Waals surface area (Å²) < 4.78 is 10.9. The summed E-state index contributed by atoms with van der Waals surface area (Å²) in [5.41, 5.74) is -0.498. The minimum atomic E-state index is -0.498. The maximum atomic E-state index is 12.3. The Bertz CT molecular complexity index is 353. The molecule has 0 aromatic carbocycles. The molecule has 2 heterocycles. The van der Waals surface area contributed by atoms with Crippen molar-refractivity contribution in [3.8, 4) is 0 Å². The van der Waals surface area contributed by atoms with E-state index in [1.54, 1.807) is 4.90 Å². The van der Waals surface area contributed by atoms with Crippen molar-refractivity contribution in [2.45, 2.75) is 44.9 Å². The fraction of sp³-hybridized carbons (Fsp3) is 0.929. The van der Waals surface area contributed by atoms with Gasteiger partial charge in [-0.2, -0.15) is 0 Å². The molecule has 21 heavy (non-hydrogen) atoms. The lowest BCUT2D eigenvalue weighted by atomic mass is 10.1. The number of hydrogen-bond acceptors (Lipinski definition) is 6. The Labute approximate surface area is 126 Å². The van der Waals surface area contributed by atoms with Gasteiger partial charge in [0.2, 0.25) is 0 Å². The Morgan fingerprint density at radius 3 is 2.57 bits per heavy atom. The van der Waals surface area contributed by atoms with Gasteiger partial charge in [-0.05, 0) is 27.2 Å². The summed E-state index contributed by atoms with van der Waals surface area (Å²) in [5, 5.41) is 0. The first-order valence-electron chi connectivity index (χ1n) is 7.54. The van der Waals surface area contributed by atoms with Crippen molar-refractivity contribution in [2.75, 3.05) is 39.5 Å². The smallest absolute Gasteiger partial charge is 0.410 e. The van der Waals surface area contributed by atoms with Crippen molar-refractivity contribution >= 4 is 6.09 Å². The van der Waals surface area contributed by atoms with Crippen LogP contribution in [-0.2, 0) is 14.3 Å². The average molecular weight is 301 g/mol. The Morgan fingerprint density at radius 2 is 2.00 bits per heavy atom. The number of rotatable bonds is 3. The minimum absolute atomic E-state index is 0.0299. The first-order valence-corrected chi connectivity index (χ1v) is 7.54. The molecule has 0 bridgehead atoms. The maximum Gasteiger partial charge on any atom is 0.410 e. The highest BCUT2D eigenvalue weighted by Crippen LogP contribution is 2.25. The van der Waals surface area contributed by atoms with E-state index in [1.165, 1.54) is 0 Å². The minimum Gasteiger partial charge on any atom is -0.444 e. The Kier molecular flexibility index (Phi) is 5.43. The third-order valence-corrected chi connectivity index (χ3v) is 3.87. The molecule has 1 unspecified atom stereocenters. The third kappa shape index (κ3) is 4.54. The van der Waals surface area contributed by atoms with E-state index < -0.39 is 5.60 Å². The highest BCUT2D eigenvalue weighted by atomic mass is 16.6. The van der Waals surface area contributed by atoms with Crippen molar-refractivity contribution < 1.29 is 19.1 Å². The fourth-order valence-corrected chi connectivity index (χ4v) is 2.91. The molecule has 0 aromatic rings. The number of carbonyl (C=O) groups excluding carboxylic acids is 1. The van der Waals surface area contributed by atoms with Gasteiger partial charge < -0.3 is 19.2 Å². The van der Waals surface area contributed by atoms with Crippen molar-refractivity contribution in [2.24, 2.45) is 5.90 Å². The lowest BCUT2D eigenvalue weighted by Gasteiger charge is -2.32. The molecule has 1 amide bonds. The molecule has 2 aliphatic rings. The van der Waals surface area contributed by atoms with Crippen LogP contribution in [0.4, 0.5) is 4.79 Å². The second kappa shape index (κ2) is 6.91. The summed E-state index contributed by atoms with van der Waals surface area (Å²) in [6.07, 6.45) is 0.566. The zero-order valence-corrected chi connectivity index (χ0v) is 13.2. The number of carbonyl (C=O) groups is 1. The van der Waals surface area contributed by atoms with Crippen LogP contribution >= 0.6 is 0 Å². The number of hydrogen-bond donors (Lipinski definition) is 1. The molecule has 0 aliphatic carbocycles. The molecule has 0 spiro atoms. The van der Waals surface area contributed by atoms with Gasteiger partial charge in [0, 0.05) is 25.7 Å². The summed E-state index contributed by atoms with van der Waals surface area (Å²) in [6.45, 7) is 9.91. The summed E-state index contributed by atoms with van der Waals surface area (Å²) in [7, 11) is 0. The molecule has 0 aromatic heterocycles. The Hall–Kier alpha value is -0.890. The van der Waals surface area contributed by atoms with Crippen LogP contribution in [-0.4, -0.2) is 73.0 Å². The average Bonchev–Trinajstić information content (AvgIpc) is 2.82. The third-order valence-electron chi connectivity index (χ3n) is 3.87. The van der Waals surface area contributed by atoms with Crippen molar-refractivity contribution in [1.82, 2.24) is 9.80 Å². The van der Waals surface area contributed by atoms with E-state index in [-0.39, 0.29) is 12.1 Å². The van der Waals surface area contributed by atoms with E-state index in [0.717, 1.165) is 32.7 Å². The van der Waals surface area contributed by atoms with Gasteiger partial charge >= 0.3 is 6.09 Å². The lowest BCUT2D eigenvalue weighted by Crippen LogP contribution is -2.46. The number of likely N-dealkylation sites (tertiary alicyclic amines) is 1. The molecule has 0 saturated carbocycles. The number of ether oxygens (including phenoxy) is 2. The maximum absolute atomic E-state index is 12.3. The zero-order valence-electron chi connectivity index (χ0n) is 13.2. The summed E-state index contributed by atoms with van der Waals surface area (Å²) in [6, 6.07) is 0.291. The zero-order chi connectivity index (χ0) is 15.5. The number of nitrogens with zero attached hydrogens (tertiary/aromatic N) is 2. The van der Waals surface area contributed by atoms with Gasteiger partial charge in [0.15, 0.2) is 0 Å². The van der Waals surface area contributed by atoms with Gasteiger partial charge in [-0.15, -0.1) is 0 Å². The Balaban J connectivity index is 1.99. The van der Waals surface area contributed by atoms with E-state index in [4.69, 9.17) is 20.2 Å². The second-order valence-electron chi connectivity index (χ2n) is 6.66. The van der Waals surface area contributed by atoms with Crippen molar-refractivity contribution in [1.29, 1.82) is 0 Å². The predicted molar refractivity (Wildman–Crippen MR) is 77.7 cm³/mol. The SMILES string of the molecule is CC(C)(C)OC(=O)N1C[C@@H](N2CCOCC2)CC1CON. The molecular formula is C14H27N3O4. The highest BCUT2D eigenvalue weighted by Gasteiger charge is 2.40. The van der Waals surface area contributed by atoms with Crippen LogP contribution < -0.4 is 5.90 Å². The van der Waals surface area contributed by atoms with Crippen LogP contribution in [0.3, 0.4) is 0 Å². The van der Waals surface area contributed by atoms with Gasteiger partial charge in [0.25, 0.3) is 0 Å².